The van der Waals surface area contributed by atoms with Crippen molar-refractivity contribution in [2.24, 2.45) is 11.8 Å². The van der Waals surface area contributed by atoms with Crippen molar-refractivity contribution in [2.45, 2.75) is 83.0 Å². The highest BCUT2D eigenvalue weighted by molar-refractivity contribution is 7.99. The number of hydrogen-bond donors (Lipinski definition) is 3. The molecule has 4 aromatic rings. The zero-order chi connectivity index (χ0) is 36.6. The molecular weight excluding hydrogens is 659 g/mol. The van der Waals surface area contributed by atoms with E-state index in [1.54, 1.807) is 6.20 Å². The van der Waals surface area contributed by atoms with Crippen LogP contribution in [0, 0.1) is 25.7 Å². The molecule has 4 atom stereocenters. The molecule has 51 heavy (non-hydrogen) atoms. The maximum Gasteiger partial charge on any atom is 0.258 e. The minimum atomic E-state index is -0.919. The van der Waals surface area contributed by atoms with E-state index in [2.05, 4.69) is 15.6 Å². The lowest BCUT2D eigenvalue weighted by Crippen LogP contribution is -2.45. The topological polar surface area (TPSA) is 118 Å². The third-order valence-corrected chi connectivity index (χ3v) is 9.68. The van der Waals surface area contributed by atoms with Gasteiger partial charge < -0.3 is 20.5 Å². The number of carbonyl (C=O) groups is 3. The summed E-state index contributed by atoms with van der Waals surface area (Å²) in [5.41, 5.74) is 3.92. The Morgan fingerprint density at radius 3 is 2.00 bits per heavy atom. The van der Waals surface area contributed by atoms with Gasteiger partial charge in [-0.2, -0.15) is 0 Å². The number of aryl methyl sites for hydroxylation is 2. The fourth-order valence-electron chi connectivity index (χ4n) is 6.22. The highest BCUT2D eigenvalue weighted by Gasteiger charge is 2.30. The van der Waals surface area contributed by atoms with Crippen LogP contribution in [0.25, 0.3) is 0 Å². The fourth-order valence-corrected chi connectivity index (χ4v) is 6.89. The van der Waals surface area contributed by atoms with Gasteiger partial charge in [0.2, 0.25) is 5.91 Å². The molecule has 1 heterocycles. The number of rotatable bonds is 20. The number of nitrogens with one attached hydrogen (secondary N) is 2. The minimum Gasteiger partial charge on any atom is -0.483 e. The van der Waals surface area contributed by atoms with Crippen LogP contribution < -0.4 is 15.4 Å². The molecule has 3 N–H and O–H groups in total. The summed E-state index contributed by atoms with van der Waals surface area (Å²) in [6.07, 6.45) is 2.52. The lowest BCUT2D eigenvalue weighted by molar-refractivity contribution is -0.128. The fraction of sp³-hybridized carbons (Fsp3) is 0.381. The zero-order valence-electron chi connectivity index (χ0n) is 30.1. The van der Waals surface area contributed by atoms with Gasteiger partial charge in [-0.3, -0.25) is 14.4 Å². The monoisotopic (exact) mass is 709 g/mol. The van der Waals surface area contributed by atoms with Crippen LogP contribution in [0.1, 0.15) is 55.4 Å². The van der Waals surface area contributed by atoms with Crippen LogP contribution in [0.3, 0.4) is 0 Å². The molecule has 0 aliphatic heterocycles. The first-order valence-corrected chi connectivity index (χ1v) is 18.7. The Balaban J connectivity index is 1.49. The van der Waals surface area contributed by atoms with Gasteiger partial charge in [-0.25, -0.2) is 4.98 Å². The number of pyridine rings is 1. The van der Waals surface area contributed by atoms with Crippen molar-refractivity contribution < 1.29 is 24.2 Å². The van der Waals surface area contributed by atoms with E-state index in [9.17, 15) is 19.5 Å². The lowest BCUT2D eigenvalue weighted by Gasteiger charge is -2.29. The highest BCUT2D eigenvalue weighted by atomic mass is 32.2. The van der Waals surface area contributed by atoms with Gasteiger partial charge in [-0.1, -0.05) is 111 Å². The van der Waals surface area contributed by atoms with E-state index in [0.717, 1.165) is 27.3 Å². The second-order valence-corrected chi connectivity index (χ2v) is 14.6. The van der Waals surface area contributed by atoms with E-state index in [-0.39, 0.29) is 48.7 Å². The highest BCUT2D eigenvalue weighted by Crippen LogP contribution is 2.25. The van der Waals surface area contributed by atoms with Gasteiger partial charge in [0.25, 0.3) is 5.91 Å². The largest absolute Gasteiger partial charge is 0.483 e. The molecule has 8 nitrogen and oxygen atoms in total. The van der Waals surface area contributed by atoms with E-state index in [4.69, 9.17) is 4.74 Å². The summed E-state index contributed by atoms with van der Waals surface area (Å²) in [6.45, 7) is 7.77. The number of benzene rings is 3. The third-order valence-electron chi connectivity index (χ3n) is 8.74. The molecule has 2 amide bonds. The third kappa shape index (κ3) is 13.6. The number of thioether (sulfide) groups is 1. The Kier molecular flexibility index (Phi) is 15.7. The van der Waals surface area contributed by atoms with Gasteiger partial charge in [-0.05, 0) is 85.8 Å². The second-order valence-electron chi connectivity index (χ2n) is 13.6. The Morgan fingerprint density at radius 1 is 0.765 bits per heavy atom. The second kappa shape index (κ2) is 20.4. The van der Waals surface area contributed by atoms with Crippen molar-refractivity contribution in [1.29, 1.82) is 0 Å². The number of ketones is 1. The molecular formula is C42H51N3O5S. The van der Waals surface area contributed by atoms with E-state index in [1.807, 2.05) is 125 Å². The maximum atomic E-state index is 14.0. The SMILES string of the molecule is Cc1cccc(C)c1OCC(=O)N[C@@H](Cc1ccccc1)C[C@H](O)[C@@H](CC(=O)[C@H](CC(C)C)NC(=O)CSc1ccccn1)Cc1ccccc1. The number of aromatic nitrogens is 1. The normalized spacial score (nSPS) is 13.5. The Labute approximate surface area is 306 Å². The smallest absolute Gasteiger partial charge is 0.258 e. The molecule has 0 aliphatic rings. The maximum absolute atomic E-state index is 14.0. The number of hydrogen-bond acceptors (Lipinski definition) is 7. The minimum absolute atomic E-state index is 0.0722. The lowest BCUT2D eigenvalue weighted by atomic mass is 9.83. The summed E-state index contributed by atoms with van der Waals surface area (Å²) in [6, 6.07) is 29.9. The standard InChI is InChI=1S/C42H51N3O5S/c1-29(2)22-36(45-40(49)28-51-41-20-11-12-21-43-41)38(47)25-34(23-32-16-7-5-8-17-32)37(46)26-35(24-33-18-9-6-10-19-33)44-39(48)27-50-42-30(3)14-13-15-31(42)4/h5-21,29,34-37,46H,22-28H2,1-4H3,(H,44,48)(H,45,49)/t34-,35+,36+,37+/m1/s1. The molecule has 0 unspecified atom stereocenters. The first-order valence-electron chi connectivity index (χ1n) is 17.7. The number of aliphatic hydroxyl groups excluding tert-OH is 1. The van der Waals surface area contributed by atoms with Crippen molar-refractivity contribution >= 4 is 29.4 Å². The Bertz CT molecular complexity index is 1650. The molecule has 270 valence electrons. The quantitative estimate of drug-likeness (QED) is 0.0875. The molecule has 1 aromatic heterocycles. The van der Waals surface area contributed by atoms with Crippen LogP contribution in [-0.4, -0.2) is 58.2 Å². The predicted octanol–water partition coefficient (Wildman–Crippen LogP) is 6.70. The van der Waals surface area contributed by atoms with Gasteiger partial charge in [0.05, 0.1) is 22.9 Å². The van der Waals surface area contributed by atoms with Crippen LogP contribution in [0.5, 0.6) is 5.75 Å². The molecule has 0 fully saturated rings. The zero-order valence-corrected chi connectivity index (χ0v) is 30.9. The molecule has 0 saturated carbocycles. The summed E-state index contributed by atoms with van der Waals surface area (Å²) in [4.78, 5) is 44.6. The summed E-state index contributed by atoms with van der Waals surface area (Å²) in [5.74, 6) is -0.101. The Morgan fingerprint density at radius 2 is 1.39 bits per heavy atom. The summed E-state index contributed by atoms with van der Waals surface area (Å²) >= 11 is 1.32. The Hall–Kier alpha value is -4.47. The first kappa shape index (κ1) is 39.3. The number of ether oxygens (including phenoxy) is 1. The molecule has 0 bridgehead atoms. The van der Waals surface area contributed by atoms with E-state index in [0.29, 0.717) is 25.0 Å². The van der Waals surface area contributed by atoms with Crippen molar-refractivity contribution in [2.75, 3.05) is 12.4 Å². The van der Waals surface area contributed by atoms with E-state index >= 15 is 0 Å². The van der Waals surface area contributed by atoms with Gasteiger partial charge in [0.1, 0.15) is 5.75 Å². The number of carbonyl (C=O) groups excluding carboxylic acids is 3. The molecule has 4 rings (SSSR count). The van der Waals surface area contributed by atoms with Crippen LogP contribution in [0.4, 0.5) is 0 Å². The molecule has 0 spiro atoms. The number of amides is 2. The van der Waals surface area contributed by atoms with Crippen LogP contribution in [-0.2, 0) is 27.2 Å². The average Bonchev–Trinajstić information content (AvgIpc) is 3.11. The molecule has 0 aliphatic carbocycles. The number of aliphatic hydroxyl groups is 1. The van der Waals surface area contributed by atoms with Gasteiger partial charge in [0, 0.05) is 18.7 Å². The van der Waals surface area contributed by atoms with Gasteiger partial charge >= 0.3 is 0 Å². The van der Waals surface area contributed by atoms with Gasteiger partial charge in [-0.15, -0.1) is 0 Å². The molecule has 3 aromatic carbocycles. The van der Waals surface area contributed by atoms with E-state index < -0.39 is 24.1 Å². The average molecular weight is 710 g/mol. The molecule has 9 heteroatoms. The van der Waals surface area contributed by atoms with E-state index in [1.165, 1.54) is 11.8 Å². The predicted molar refractivity (Wildman–Crippen MR) is 204 cm³/mol. The summed E-state index contributed by atoms with van der Waals surface area (Å²) in [5, 5.41) is 18.7. The van der Waals surface area contributed by atoms with Crippen LogP contribution >= 0.6 is 11.8 Å². The van der Waals surface area contributed by atoms with Crippen molar-refractivity contribution in [3.8, 4) is 5.75 Å². The molecule has 0 saturated heterocycles. The molecule has 0 radical (unpaired) electrons. The number of para-hydroxylation sites is 1. The van der Waals surface area contributed by atoms with Crippen LogP contribution in [0.2, 0.25) is 0 Å². The number of nitrogens with zero attached hydrogens (tertiary/aromatic N) is 1. The van der Waals surface area contributed by atoms with Crippen LogP contribution in [0.15, 0.2) is 108 Å². The van der Waals surface area contributed by atoms with Crippen molar-refractivity contribution in [1.82, 2.24) is 15.6 Å². The van der Waals surface area contributed by atoms with Crippen molar-refractivity contribution in [3.63, 3.8) is 0 Å². The van der Waals surface area contributed by atoms with Crippen molar-refractivity contribution in [3.05, 3.63) is 126 Å². The first-order chi connectivity index (χ1) is 24.6. The number of Topliss-reactive ketones (excluding diaryl/α,β-unsaturated/α-hetero) is 1. The summed E-state index contributed by atoms with van der Waals surface area (Å²) < 4.78 is 5.94. The summed E-state index contributed by atoms with van der Waals surface area (Å²) in [7, 11) is 0. The van der Waals surface area contributed by atoms with Gasteiger partial charge in [0.15, 0.2) is 12.4 Å².